The first-order valence-corrected chi connectivity index (χ1v) is 10.2. The molecule has 0 radical (unpaired) electrons. The Bertz CT molecular complexity index is 1110. The number of para-hydroxylation sites is 1. The molecule has 0 bridgehead atoms. The highest BCUT2D eigenvalue weighted by atomic mass is 16.5. The zero-order valence-corrected chi connectivity index (χ0v) is 18.8. The lowest BCUT2D eigenvalue weighted by Gasteiger charge is -2.12. The fourth-order valence-electron chi connectivity index (χ4n) is 2.67. The molecule has 0 unspecified atom stereocenters. The summed E-state index contributed by atoms with van der Waals surface area (Å²) in [6.45, 7) is 0. The van der Waals surface area contributed by atoms with Crippen molar-refractivity contribution in [3.8, 4) is 5.75 Å². The lowest BCUT2D eigenvalue weighted by Crippen LogP contribution is -2.22. The molecule has 1 aromatic heterocycles. The minimum atomic E-state index is -1.26. The van der Waals surface area contributed by atoms with Gasteiger partial charge in [0, 0.05) is 37.0 Å². The lowest BCUT2D eigenvalue weighted by molar-refractivity contribution is -0.134. The summed E-state index contributed by atoms with van der Waals surface area (Å²) < 4.78 is 5.20. The largest absolute Gasteiger partial charge is 0.497 e. The summed E-state index contributed by atoms with van der Waals surface area (Å²) in [6, 6.07) is 23.9. The molecule has 9 heteroatoms. The van der Waals surface area contributed by atoms with Crippen LogP contribution in [0.5, 0.6) is 5.75 Å². The molecule has 1 heterocycles. The Morgan fingerprint density at radius 1 is 0.912 bits per heavy atom. The maximum Gasteiger partial charge on any atom is 0.328 e. The number of carbonyl (C=O) groups is 2. The predicted octanol–water partition coefficient (Wildman–Crippen LogP) is 3.90. The van der Waals surface area contributed by atoms with E-state index in [-0.39, 0.29) is 0 Å². The van der Waals surface area contributed by atoms with Crippen LogP contribution < -0.4 is 15.4 Å². The number of pyridine rings is 1. The number of rotatable bonds is 7. The van der Waals surface area contributed by atoms with Crippen molar-refractivity contribution >= 4 is 29.4 Å². The summed E-state index contributed by atoms with van der Waals surface area (Å²) in [6.07, 6.45) is 1.87. The van der Waals surface area contributed by atoms with Gasteiger partial charge in [0.1, 0.15) is 11.6 Å². The van der Waals surface area contributed by atoms with E-state index in [9.17, 15) is 9.59 Å². The van der Waals surface area contributed by atoms with Gasteiger partial charge in [0.05, 0.1) is 7.11 Å². The van der Waals surface area contributed by atoms with Gasteiger partial charge in [0.2, 0.25) is 5.96 Å². The van der Waals surface area contributed by atoms with Crippen molar-refractivity contribution in [1.82, 2.24) is 4.98 Å². The monoisotopic (exact) mass is 462 g/mol. The SMILES string of the molecule is CN=C(Nc1ccccc1)Nc1cccc(Cc2ccc(OC)cc2)n1.O=C(O)/C=C\C(=O)O. The minimum absolute atomic E-state index is 0.558. The zero-order chi connectivity index (χ0) is 24.8. The quantitative estimate of drug-likeness (QED) is 0.236. The van der Waals surface area contributed by atoms with Crippen molar-refractivity contribution in [2.75, 3.05) is 24.8 Å². The smallest absolute Gasteiger partial charge is 0.328 e. The Morgan fingerprint density at radius 2 is 1.56 bits per heavy atom. The first kappa shape index (κ1) is 25.6. The number of carboxylic acid groups (broad SMARTS) is 2. The first-order valence-electron chi connectivity index (χ1n) is 10.2. The van der Waals surface area contributed by atoms with Crippen LogP contribution in [-0.4, -0.2) is 47.3 Å². The van der Waals surface area contributed by atoms with Gasteiger partial charge in [-0.25, -0.2) is 14.6 Å². The van der Waals surface area contributed by atoms with Crippen molar-refractivity contribution in [2.45, 2.75) is 6.42 Å². The molecule has 4 N–H and O–H groups in total. The van der Waals surface area contributed by atoms with E-state index in [2.05, 4.69) is 32.7 Å². The Morgan fingerprint density at radius 3 is 2.12 bits per heavy atom. The number of guanidine groups is 1. The molecule has 176 valence electrons. The number of aliphatic imine (C=N–C) groups is 1. The average Bonchev–Trinajstić information content (AvgIpc) is 2.84. The van der Waals surface area contributed by atoms with Crippen LogP contribution in [0.15, 0.2) is 89.9 Å². The van der Waals surface area contributed by atoms with Gasteiger partial charge in [0.15, 0.2) is 0 Å². The van der Waals surface area contributed by atoms with Crippen molar-refractivity contribution in [2.24, 2.45) is 4.99 Å². The first-order chi connectivity index (χ1) is 16.4. The van der Waals surface area contributed by atoms with Crippen molar-refractivity contribution in [3.05, 3.63) is 96.2 Å². The second-order valence-corrected chi connectivity index (χ2v) is 6.74. The van der Waals surface area contributed by atoms with Crippen LogP contribution in [0, 0.1) is 0 Å². The number of anilines is 2. The van der Waals surface area contributed by atoms with Crippen molar-refractivity contribution in [3.63, 3.8) is 0 Å². The standard InChI is InChI=1S/C21H22N4O.C4H4O4/c1-22-21(24-17-7-4-3-5-8-17)25-20-10-6-9-18(23-20)15-16-11-13-19(26-2)14-12-16;5-3(6)1-2-4(7)8/h3-14H,15H2,1-2H3,(H2,22,23,24,25);1-2H,(H,5,6)(H,7,8)/b;2-1-. The van der Waals surface area contributed by atoms with E-state index in [1.807, 2.05) is 60.7 Å². The topological polar surface area (TPSA) is 133 Å². The molecule has 3 rings (SSSR count). The number of nitrogens with zero attached hydrogens (tertiary/aromatic N) is 2. The fraction of sp³-hybridized carbons (Fsp3) is 0.120. The molecule has 0 aliphatic carbocycles. The van der Waals surface area contributed by atoms with Crippen LogP contribution in [0.3, 0.4) is 0 Å². The molecule has 0 atom stereocenters. The number of aromatic nitrogens is 1. The number of hydrogen-bond donors (Lipinski definition) is 4. The second-order valence-electron chi connectivity index (χ2n) is 6.74. The van der Waals surface area contributed by atoms with Crippen molar-refractivity contribution in [1.29, 1.82) is 0 Å². The van der Waals surface area contributed by atoms with E-state index >= 15 is 0 Å². The zero-order valence-electron chi connectivity index (χ0n) is 18.8. The number of carboxylic acids is 2. The molecule has 0 fully saturated rings. The maximum atomic E-state index is 9.55. The van der Waals surface area contributed by atoms with Gasteiger partial charge in [-0.05, 0) is 42.0 Å². The Kier molecular flexibility index (Phi) is 10.3. The summed E-state index contributed by atoms with van der Waals surface area (Å²) in [5.74, 6) is -0.266. The highest BCUT2D eigenvalue weighted by molar-refractivity contribution is 6.02. The summed E-state index contributed by atoms with van der Waals surface area (Å²) >= 11 is 0. The molecule has 0 spiro atoms. The summed E-state index contributed by atoms with van der Waals surface area (Å²) in [5.41, 5.74) is 3.13. The van der Waals surface area contributed by atoms with Gasteiger partial charge in [-0.15, -0.1) is 0 Å². The summed E-state index contributed by atoms with van der Waals surface area (Å²) in [7, 11) is 3.40. The molecule has 0 aliphatic heterocycles. The molecule has 0 saturated carbocycles. The Balaban J connectivity index is 0.000000440. The number of nitrogens with one attached hydrogen (secondary N) is 2. The summed E-state index contributed by atoms with van der Waals surface area (Å²) in [5, 5.41) is 22.1. The number of benzene rings is 2. The summed E-state index contributed by atoms with van der Waals surface area (Å²) in [4.78, 5) is 28.0. The van der Waals surface area contributed by atoms with Gasteiger partial charge >= 0.3 is 11.9 Å². The number of hydrogen-bond acceptors (Lipinski definition) is 5. The molecule has 0 amide bonds. The molecule has 0 aliphatic rings. The second kappa shape index (κ2) is 13.7. The van der Waals surface area contributed by atoms with Gasteiger partial charge in [-0.1, -0.05) is 36.4 Å². The van der Waals surface area contributed by atoms with E-state index in [1.54, 1.807) is 14.2 Å². The molecule has 2 aromatic carbocycles. The van der Waals surface area contributed by atoms with Crippen LogP contribution in [0.4, 0.5) is 11.5 Å². The highest BCUT2D eigenvalue weighted by Crippen LogP contribution is 2.15. The molecular weight excluding hydrogens is 436 g/mol. The maximum absolute atomic E-state index is 9.55. The van der Waals surface area contributed by atoms with E-state index < -0.39 is 11.9 Å². The van der Waals surface area contributed by atoms with Crippen LogP contribution >= 0.6 is 0 Å². The lowest BCUT2D eigenvalue weighted by atomic mass is 10.1. The van der Waals surface area contributed by atoms with Gasteiger partial charge in [0.25, 0.3) is 0 Å². The Hall–Kier alpha value is -4.66. The normalized spacial score (nSPS) is 10.7. The van der Waals surface area contributed by atoms with E-state index in [0.717, 1.165) is 29.4 Å². The van der Waals surface area contributed by atoms with Gasteiger partial charge < -0.3 is 25.6 Å². The number of methoxy groups -OCH3 is 1. The third-order valence-electron chi connectivity index (χ3n) is 4.23. The van der Waals surface area contributed by atoms with Crippen LogP contribution in [-0.2, 0) is 16.0 Å². The predicted molar refractivity (Wildman–Crippen MR) is 131 cm³/mol. The minimum Gasteiger partial charge on any atom is -0.497 e. The molecule has 9 nitrogen and oxygen atoms in total. The molecular formula is C25H26N4O5. The van der Waals surface area contributed by atoms with E-state index in [1.165, 1.54) is 5.56 Å². The van der Waals surface area contributed by atoms with Crippen LogP contribution in [0.1, 0.15) is 11.3 Å². The molecule has 3 aromatic rings. The average molecular weight is 463 g/mol. The molecule has 34 heavy (non-hydrogen) atoms. The third kappa shape index (κ3) is 9.65. The highest BCUT2D eigenvalue weighted by Gasteiger charge is 2.04. The Labute approximate surface area is 197 Å². The number of ether oxygens (including phenoxy) is 1. The molecule has 0 saturated heterocycles. The third-order valence-corrected chi connectivity index (χ3v) is 4.23. The van der Waals surface area contributed by atoms with Crippen LogP contribution in [0.2, 0.25) is 0 Å². The van der Waals surface area contributed by atoms with E-state index in [4.69, 9.17) is 14.9 Å². The van der Waals surface area contributed by atoms with Crippen LogP contribution in [0.25, 0.3) is 0 Å². The number of aliphatic carboxylic acids is 2. The van der Waals surface area contributed by atoms with Crippen molar-refractivity contribution < 1.29 is 24.5 Å². The fourth-order valence-corrected chi connectivity index (χ4v) is 2.67. The van der Waals surface area contributed by atoms with E-state index in [0.29, 0.717) is 18.1 Å². The van der Waals surface area contributed by atoms with Gasteiger partial charge in [-0.3, -0.25) is 4.99 Å². The van der Waals surface area contributed by atoms with Gasteiger partial charge in [-0.2, -0.15) is 0 Å².